The molecule has 1 aromatic heterocycles. The normalized spacial score (nSPS) is 11.4. The summed E-state index contributed by atoms with van der Waals surface area (Å²) in [6, 6.07) is 1.56. The van der Waals surface area contributed by atoms with Gasteiger partial charge in [-0.15, -0.1) is 0 Å². The molecule has 0 spiro atoms. The van der Waals surface area contributed by atoms with Crippen molar-refractivity contribution in [3.05, 3.63) is 24.0 Å². The molecule has 1 rings (SSSR count). The molecule has 0 aliphatic rings. The van der Waals surface area contributed by atoms with Crippen LogP contribution in [-0.2, 0) is 21.1 Å². The second-order valence-corrected chi connectivity index (χ2v) is 6.35. The van der Waals surface area contributed by atoms with Gasteiger partial charge in [0.1, 0.15) is 0 Å². The van der Waals surface area contributed by atoms with E-state index in [9.17, 15) is 13.2 Å². The number of sulfone groups is 1. The second kappa shape index (κ2) is 7.20. The summed E-state index contributed by atoms with van der Waals surface area (Å²) in [5.74, 6) is -0.477. The number of carbonyl (C=O) groups is 1. The number of aromatic nitrogens is 1. The number of carbonyl (C=O) groups excluding carboxylic acids is 1. The average molecular weight is 286 g/mol. The van der Waals surface area contributed by atoms with Crippen molar-refractivity contribution in [2.75, 3.05) is 12.4 Å². The molecule has 19 heavy (non-hydrogen) atoms. The summed E-state index contributed by atoms with van der Waals surface area (Å²) in [5.41, 5.74) is 5.79. The highest BCUT2D eigenvalue weighted by molar-refractivity contribution is 7.91. The minimum absolute atomic E-state index is 0.101. The van der Waals surface area contributed by atoms with Crippen molar-refractivity contribution in [1.82, 2.24) is 4.98 Å². The van der Waals surface area contributed by atoms with Crippen molar-refractivity contribution in [3.8, 4) is 0 Å². The van der Waals surface area contributed by atoms with Gasteiger partial charge in [0, 0.05) is 25.4 Å². The van der Waals surface area contributed by atoms with Crippen LogP contribution in [0.3, 0.4) is 0 Å². The third kappa shape index (κ3) is 5.35. The van der Waals surface area contributed by atoms with Gasteiger partial charge in [0.25, 0.3) is 0 Å². The molecule has 0 aromatic carbocycles. The van der Waals surface area contributed by atoms with Gasteiger partial charge < -0.3 is 10.8 Å². The number of aryl methyl sites for hydroxylation is 1. The van der Waals surface area contributed by atoms with Crippen LogP contribution in [0, 0.1) is 0 Å². The van der Waals surface area contributed by atoms with Crippen molar-refractivity contribution < 1.29 is 18.3 Å². The van der Waals surface area contributed by atoms with Gasteiger partial charge in [0.15, 0.2) is 9.84 Å². The van der Waals surface area contributed by atoms with E-state index in [0.29, 0.717) is 12.8 Å². The standard InChI is InChI=1S/C12H18N2O4S/c13-12(16)4-1-3-10-7-11(9-14-8-10)19(17,18)6-2-5-15/h7-9,15H,1-6H2,(H2,13,16). The maximum Gasteiger partial charge on any atom is 0.217 e. The van der Waals surface area contributed by atoms with E-state index in [2.05, 4.69) is 4.98 Å². The first-order valence-corrected chi connectivity index (χ1v) is 7.67. The zero-order chi connectivity index (χ0) is 14.3. The topological polar surface area (TPSA) is 110 Å². The van der Waals surface area contributed by atoms with Crippen LogP contribution in [-0.4, -0.2) is 36.8 Å². The lowest BCUT2D eigenvalue weighted by Crippen LogP contribution is -2.11. The first-order valence-electron chi connectivity index (χ1n) is 6.01. The monoisotopic (exact) mass is 286 g/mol. The number of hydrogen-bond acceptors (Lipinski definition) is 5. The van der Waals surface area contributed by atoms with Crippen LogP contribution in [0.2, 0.25) is 0 Å². The van der Waals surface area contributed by atoms with Crippen molar-refractivity contribution in [2.24, 2.45) is 5.73 Å². The highest BCUT2D eigenvalue weighted by atomic mass is 32.2. The van der Waals surface area contributed by atoms with Crippen molar-refractivity contribution in [1.29, 1.82) is 0 Å². The maximum absolute atomic E-state index is 11.9. The van der Waals surface area contributed by atoms with E-state index >= 15 is 0 Å². The van der Waals surface area contributed by atoms with Crippen LogP contribution in [0.25, 0.3) is 0 Å². The van der Waals surface area contributed by atoms with Crippen LogP contribution in [0.4, 0.5) is 0 Å². The number of aliphatic hydroxyl groups is 1. The Morgan fingerprint density at radius 3 is 2.68 bits per heavy atom. The van der Waals surface area contributed by atoms with Crippen molar-refractivity contribution in [3.63, 3.8) is 0 Å². The fourth-order valence-corrected chi connectivity index (χ4v) is 2.91. The summed E-state index contributed by atoms with van der Waals surface area (Å²) in [4.78, 5) is 14.7. The molecule has 3 N–H and O–H groups in total. The molecular weight excluding hydrogens is 268 g/mol. The van der Waals surface area contributed by atoms with Gasteiger partial charge in [0.2, 0.25) is 5.91 Å². The van der Waals surface area contributed by atoms with Gasteiger partial charge in [-0.05, 0) is 30.9 Å². The van der Waals surface area contributed by atoms with Crippen LogP contribution in [0.15, 0.2) is 23.4 Å². The molecule has 0 aliphatic heterocycles. The SMILES string of the molecule is NC(=O)CCCc1cncc(S(=O)(=O)CCCO)c1. The summed E-state index contributed by atoms with van der Waals surface area (Å²) in [5, 5.41) is 8.68. The molecule has 0 unspecified atom stereocenters. The maximum atomic E-state index is 11.9. The lowest BCUT2D eigenvalue weighted by molar-refractivity contribution is -0.118. The first kappa shape index (κ1) is 15.6. The molecule has 0 bridgehead atoms. The average Bonchev–Trinajstić information content (AvgIpc) is 2.36. The number of aliphatic hydroxyl groups excluding tert-OH is 1. The van der Waals surface area contributed by atoms with E-state index in [-0.39, 0.29) is 36.0 Å². The fraction of sp³-hybridized carbons (Fsp3) is 0.500. The van der Waals surface area contributed by atoms with Gasteiger partial charge in [-0.1, -0.05) is 0 Å². The summed E-state index contributed by atoms with van der Waals surface area (Å²) in [6.07, 6.45) is 4.46. The van der Waals surface area contributed by atoms with E-state index in [1.165, 1.54) is 6.20 Å². The van der Waals surface area contributed by atoms with E-state index in [0.717, 1.165) is 5.56 Å². The lowest BCUT2D eigenvalue weighted by atomic mass is 10.1. The molecule has 6 nitrogen and oxygen atoms in total. The summed E-state index contributed by atoms with van der Waals surface area (Å²) in [6.45, 7) is -0.162. The Labute approximate surface area is 112 Å². The largest absolute Gasteiger partial charge is 0.396 e. The smallest absolute Gasteiger partial charge is 0.217 e. The summed E-state index contributed by atoms with van der Waals surface area (Å²) >= 11 is 0. The molecule has 1 amide bonds. The Morgan fingerprint density at radius 2 is 2.05 bits per heavy atom. The number of nitrogens with zero attached hydrogens (tertiary/aromatic N) is 1. The number of rotatable bonds is 8. The number of nitrogens with two attached hydrogens (primary N) is 1. The molecular formula is C12H18N2O4S. The molecule has 0 atom stereocenters. The molecule has 1 heterocycles. The first-order chi connectivity index (χ1) is 8.95. The highest BCUT2D eigenvalue weighted by Gasteiger charge is 2.14. The summed E-state index contributed by atoms with van der Waals surface area (Å²) in [7, 11) is -3.40. The zero-order valence-electron chi connectivity index (χ0n) is 10.6. The van der Waals surface area contributed by atoms with E-state index in [1.807, 2.05) is 0 Å². The fourth-order valence-electron chi connectivity index (χ4n) is 1.61. The van der Waals surface area contributed by atoms with Gasteiger partial charge in [-0.2, -0.15) is 0 Å². The number of amides is 1. The Bertz CT molecular complexity index is 528. The van der Waals surface area contributed by atoms with Gasteiger partial charge in [-0.3, -0.25) is 9.78 Å². The van der Waals surface area contributed by atoms with Crippen LogP contribution < -0.4 is 5.73 Å². The Hall–Kier alpha value is -1.47. The second-order valence-electron chi connectivity index (χ2n) is 4.24. The van der Waals surface area contributed by atoms with Crippen molar-refractivity contribution >= 4 is 15.7 Å². The molecule has 1 aromatic rings. The van der Waals surface area contributed by atoms with Gasteiger partial charge >= 0.3 is 0 Å². The predicted molar refractivity (Wildman–Crippen MR) is 70.1 cm³/mol. The van der Waals surface area contributed by atoms with Gasteiger partial charge in [-0.25, -0.2) is 8.42 Å². The molecule has 0 aliphatic carbocycles. The minimum atomic E-state index is -3.40. The van der Waals surface area contributed by atoms with Crippen LogP contribution >= 0.6 is 0 Å². The summed E-state index contributed by atoms with van der Waals surface area (Å²) < 4.78 is 23.8. The highest BCUT2D eigenvalue weighted by Crippen LogP contribution is 2.14. The quantitative estimate of drug-likeness (QED) is 0.701. The Kier molecular flexibility index (Phi) is 5.91. The molecule has 0 fully saturated rings. The predicted octanol–water partition coefficient (Wildman–Crippen LogP) is 0.0457. The number of hydrogen-bond donors (Lipinski definition) is 2. The van der Waals surface area contributed by atoms with E-state index in [4.69, 9.17) is 10.8 Å². The number of pyridine rings is 1. The molecule has 0 radical (unpaired) electrons. The lowest BCUT2D eigenvalue weighted by Gasteiger charge is -2.05. The minimum Gasteiger partial charge on any atom is -0.396 e. The Balaban J connectivity index is 2.73. The zero-order valence-corrected chi connectivity index (χ0v) is 11.4. The third-order valence-electron chi connectivity index (χ3n) is 2.59. The molecule has 106 valence electrons. The van der Waals surface area contributed by atoms with Crippen molar-refractivity contribution in [2.45, 2.75) is 30.6 Å². The molecule has 0 saturated carbocycles. The number of primary amides is 1. The van der Waals surface area contributed by atoms with E-state index < -0.39 is 9.84 Å². The van der Waals surface area contributed by atoms with Gasteiger partial charge in [0.05, 0.1) is 10.6 Å². The Morgan fingerprint density at radius 1 is 1.32 bits per heavy atom. The molecule has 7 heteroatoms. The molecule has 0 saturated heterocycles. The van der Waals surface area contributed by atoms with Crippen LogP contribution in [0.5, 0.6) is 0 Å². The third-order valence-corrected chi connectivity index (χ3v) is 4.36. The van der Waals surface area contributed by atoms with E-state index in [1.54, 1.807) is 12.3 Å². The van der Waals surface area contributed by atoms with Crippen LogP contribution in [0.1, 0.15) is 24.8 Å².